The molecule has 1 unspecified atom stereocenters. The van der Waals surface area contributed by atoms with E-state index in [9.17, 15) is 0 Å². The quantitative estimate of drug-likeness (QED) is 0.683. The molecule has 2 rings (SSSR count). The van der Waals surface area contributed by atoms with Crippen molar-refractivity contribution in [3.05, 3.63) is 0 Å². The molecule has 1 nitrogen and oxygen atoms in total. The van der Waals surface area contributed by atoms with E-state index >= 15 is 0 Å². The number of hydrogen-bond donors (Lipinski definition) is 0. The molecule has 1 atom stereocenters. The van der Waals surface area contributed by atoms with Crippen molar-refractivity contribution in [3.8, 4) is 0 Å². The first-order chi connectivity index (χ1) is 7.54. The smallest absolute Gasteiger partial charge is 0.0687 e. The molecule has 94 valence electrons. The molecule has 0 aromatic heterocycles. The van der Waals surface area contributed by atoms with Crippen molar-refractivity contribution < 1.29 is 4.74 Å². The van der Waals surface area contributed by atoms with Gasteiger partial charge in [0, 0.05) is 6.61 Å². The summed E-state index contributed by atoms with van der Waals surface area (Å²) in [4.78, 5) is 0. The first kappa shape index (κ1) is 12.4. The van der Waals surface area contributed by atoms with E-state index < -0.39 is 0 Å². The summed E-state index contributed by atoms with van der Waals surface area (Å²) in [5.74, 6) is 0.846. The van der Waals surface area contributed by atoms with E-state index in [1.807, 2.05) is 0 Å². The van der Waals surface area contributed by atoms with Gasteiger partial charge < -0.3 is 4.74 Å². The van der Waals surface area contributed by atoms with Gasteiger partial charge in [-0.05, 0) is 43.4 Å². The van der Waals surface area contributed by atoms with Crippen LogP contribution < -0.4 is 0 Å². The van der Waals surface area contributed by atoms with E-state index in [-0.39, 0.29) is 0 Å². The zero-order chi connectivity index (χ0) is 11.6. The lowest BCUT2D eigenvalue weighted by atomic mass is 9.70. The molecule has 2 aliphatic rings. The van der Waals surface area contributed by atoms with Crippen LogP contribution in [0.5, 0.6) is 0 Å². The molecule has 1 heterocycles. The van der Waals surface area contributed by atoms with E-state index in [2.05, 4.69) is 20.8 Å². The molecule has 2 fully saturated rings. The fourth-order valence-corrected chi connectivity index (χ4v) is 3.62. The summed E-state index contributed by atoms with van der Waals surface area (Å²) in [6.45, 7) is 8.19. The lowest BCUT2D eigenvalue weighted by molar-refractivity contribution is -0.120. The number of hydrogen-bond acceptors (Lipinski definition) is 1. The molecule has 1 aliphatic heterocycles. The molecule has 0 radical (unpaired) electrons. The van der Waals surface area contributed by atoms with E-state index in [1.165, 1.54) is 51.4 Å². The van der Waals surface area contributed by atoms with Crippen molar-refractivity contribution in [2.45, 2.75) is 77.7 Å². The molecule has 1 spiro atoms. The molecule has 1 aliphatic carbocycles. The topological polar surface area (TPSA) is 9.23 Å². The van der Waals surface area contributed by atoms with Crippen LogP contribution in [0.2, 0.25) is 0 Å². The lowest BCUT2D eigenvalue weighted by Crippen LogP contribution is -2.42. The van der Waals surface area contributed by atoms with Crippen LogP contribution >= 0.6 is 0 Å². The van der Waals surface area contributed by atoms with Crippen LogP contribution in [-0.4, -0.2) is 12.2 Å². The number of rotatable bonds is 3. The van der Waals surface area contributed by atoms with Gasteiger partial charge in [0.15, 0.2) is 0 Å². The first-order valence-corrected chi connectivity index (χ1v) is 7.18. The van der Waals surface area contributed by atoms with Crippen molar-refractivity contribution in [1.29, 1.82) is 0 Å². The maximum Gasteiger partial charge on any atom is 0.0687 e. The Balaban J connectivity index is 1.94. The summed E-state index contributed by atoms with van der Waals surface area (Å²) >= 11 is 0. The average molecular weight is 224 g/mol. The van der Waals surface area contributed by atoms with Crippen LogP contribution in [0.1, 0.15) is 72.1 Å². The van der Waals surface area contributed by atoms with Crippen LogP contribution in [-0.2, 0) is 4.74 Å². The molecule has 16 heavy (non-hydrogen) atoms. The fraction of sp³-hybridized carbons (Fsp3) is 1.00. The van der Waals surface area contributed by atoms with Gasteiger partial charge in [0.05, 0.1) is 5.60 Å². The highest BCUT2D eigenvalue weighted by Gasteiger charge is 2.44. The minimum atomic E-state index is 0.296. The summed E-state index contributed by atoms with van der Waals surface area (Å²) in [6, 6.07) is 0. The minimum absolute atomic E-state index is 0.296. The van der Waals surface area contributed by atoms with Crippen molar-refractivity contribution in [1.82, 2.24) is 0 Å². The molecule has 0 aromatic rings. The van der Waals surface area contributed by atoms with Crippen LogP contribution in [0.3, 0.4) is 0 Å². The summed E-state index contributed by atoms with van der Waals surface area (Å²) in [7, 11) is 0. The van der Waals surface area contributed by atoms with Crippen molar-refractivity contribution in [2.24, 2.45) is 11.3 Å². The predicted octanol–water partition coefficient (Wildman–Crippen LogP) is 4.55. The van der Waals surface area contributed by atoms with Gasteiger partial charge >= 0.3 is 0 Å². The molecule has 0 aromatic carbocycles. The van der Waals surface area contributed by atoms with Gasteiger partial charge in [-0.2, -0.15) is 0 Å². The Morgan fingerprint density at radius 2 is 1.81 bits per heavy atom. The third kappa shape index (κ3) is 2.80. The van der Waals surface area contributed by atoms with E-state index in [0.29, 0.717) is 11.0 Å². The van der Waals surface area contributed by atoms with Gasteiger partial charge in [0.2, 0.25) is 0 Å². The molecule has 1 heteroatoms. The summed E-state index contributed by atoms with van der Waals surface area (Å²) in [5, 5.41) is 0. The summed E-state index contributed by atoms with van der Waals surface area (Å²) in [6.07, 6.45) is 10.8. The standard InChI is InChI=1S/C15H28O/c1-13(2)6-9-14(3)10-11-16-15(12-14)7-4-5-8-15/h13H,4-12H2,1-3H3. The van der Waals surface area contributed by atoms with Crippen molar-refractivity contribution >= 4 is 0 Å². The molecule has 0 amide bonds. The van der Waals surface area contributed by atoms with Crippen molar-refractivity contribution in [3.63, 3.8) is 0 Å². The maximum absolute atomic E-state index is 6.13. The van der Waals surface area contributed by atoms with Gasteiger partial charge in [-0.3, -0.25) is 0 Å². The molecule has 0 N–H and O–H groups in total. The largest absolute Gasteiger partial charge is 0.375 e. The van der Waals surface area contributed by atoms with Crippen molar-refractivity contribution in [2.75, 3.05) is 6.61 Å². The molecule has 1 saturated heterocycles. The van der Waals surface area contributed by atoms with Crippen LogP contribution in [0.15, 0.2) is 0 Å². The fourth-order valence-electron chi connectivity index (χ4n) is 3.62. The van der Waals surface area contributed by atoms with Crippen LogP contribution in [0.25, 0.3) is 0 Å². The Morgan fingerprint density at radius 1 is 1.12 bits per heavy atom. The van der Waals surface area contributed by atoms with E-state index in [0.717, 1.165) is 12.5 Å². The normalized spacial score (nSPS) is 33.8. The zero-order valence-electron chi connectivity index (χ0n) is 11.3. The minimum Gasteiger partial charge on any atom is -0.375 e. The molecular weight excluding hydrogens is 196 g/mol. The van der Waals surface area contributed by atoms with Gasteiger partial charge in [-0.25, -0.2) is 0 Å². The van der Waals surface area contributed by atoms with E-state index in [1.54, 1.807) is 0 Å². The van der Waals surface area contributed by atoms with Crippen LogP contribution in [0.4, 0.5) is 0 Å². The Hall–Kier alpha value is -0.0400. The van der Waals surface area contributed by atoms with Gasteiger partial charge in [0.1, 0.15) is 0 Å². The molecular formula is C15H28O. The van der Waals surface area contributed by atoms with E-state index in [4.69, 9.17) is 4.74 Å². The lowest BCUT2D eigenvalue weighted by Gasteiger charge is -2.45. The first-order valence-electron chi connectivity index (χ1n) is 7.18. The highest BCUT2D eigenvalue weighted by molar-refractivity contribution is 4.95. The molecule has 0 bridgehead atoms. The Kier molecular flexibility index (Phi) is 3.63. The third-order valence-corrected chi connectivity index (χ3v) is 4.70. The second-order valence-corrected chi connectivity index (χ2v) is 6.91. The Morgan fingerprint density at radius 3 is 2.44 bits per heavy atom. The number of ether oxygens (including phenoxy) is 1. The third-order valence-electron chi connectivity index (χ3n) is 4.70. The predicted molar refractivity (Wildman–Crippen MR) is 68.6 cm³/mol. The highest BCUT2D eigenvalue weighted by atomic mass is 16.5. The second-order valence-electron chi connectivity index (χ2n) is 6.91. The van der Waals surface area contributed by atoms with Crippen LogP contribution in [0, 0.1) is 11.3 Å². The SMILES string of the molecule is CC(C)CCC1(C)CCOC2(CCCC2)C1. The average Bonchev–Trinajstić information content (AvgIpc) is 2.63. The zero-order valence-corrected chi connectivity index (χ0v) is 11.3. The summed E-state index contributed by atoms with van der Waals surface area (Å²) < 4.78 is 6.13. The van der Waals surface area contributed by atoms with Gasteiger partial charge in [-0.1, -0.05) is 40.0 Å². The molecule has 1 saturated carbocycles. The Labute approximate surface area is 101 Å². The monoisotopic (exact) mass is 224 g/mol. The second kappa shape index (κ2) is 4.68. The Bertz CT molecular complexity index is 228. The van der Waals surface area contributed by atoms with Gasteiger partial charge in [0.25, 0.3) is 0 Å². The maximum atomic E-state index is 6.13. The highest BCUT2D eigenvalue weighted by Crippen LogP contribution is 2.49. The van der Waals surface area contributed by atoms with Gasteiger partial charge in [-0.15, -0.1) is 0 Å². The summed E-state index contributed by atoms with van der Waals surface area (Å²) in [5.41, 5.74) is 0.858.